The summed E-state index contributed by atoms with van der Waals surface area (Å²) in [6.07, 6.45) is 1.09. The topological polar surface area (TPSA) is 124 Å². The highest BCUT2D eigenvalue weighted by atomic mass is 32.2. The molecular formula is C17H16N2O6S. The van der Waals surface area contributed by atoms with Crippen LogP contribution in [-0.2, 0) is 27.8 Å². The lowest BCUT2D eigenvalue weighted by molar-refractivity contribution is -0.117. The minimum absolute atomic E-state index is 0.0278. The summed E-state index contributed by atoms with van der Waals surface area (Å²) in [4.78, 5) is 22.3. The first kappa shape index (κ1) is 17.7. The lowest BCUT2D eigenvalue weighted by atomic mass is 10.0. The Bertz CT molecular complexity index is 986. The molecule has 0 saturated carbocycles. The number of benzene rings is 2. The van der Waals surface area contributed by atoms with Gasteiger partial charge in [0, 0.05) is 0 Å². The SMILES string of the molecule is O=C1CN(c2ccc(CCc3cccc(C(=O)O)c3)cc2O)S(=O)(=O)N1. The van der Waals surface area contributed by atoms with Gasteiger partial charge < -0.3 is 10.2 Å². The summed E-state index contributed by atoms with van der Waals surface area (Å²) in [6.45, 7) is -0.378. The van der Waals surface area contributed by atoms with E-state index in [1.165, 1.54) is 18.2 Å². The Morgan fingerprint density at radius 1 is 1.12 bits per heavy atom. The second kappa shape index (κ2) is 6.68. The number of nitrogens with zero attached hydrogens (tertiary/aromatic N) is 1. The number of carboxylic acids is 1. The lowest BCUT2D eigenvalue weighted by Gasteiger charge is -2.16. The smallest absolute Gasteiger partial charge is 0.335 e. The van der Waals surface area contributed by atoms with Gasteiger partial charge in [0.05, 0.1) is 11.3 Å². The zero-order chi connectivity index (χ0) is 18.9. The minimum atomic E-state index is -3.97. The van der Waals surface area contributed by atoms with Crippen LogP contribution in [0.15, 0.2) is 42.5 Å². The molecule has 9 heteroatoms. The molecule has 0 bridgehead atoms. The zero-order valence-corrected chi connectivity index (χ0v) is 14.4. The number of rotatable bonds is 5. The van der Waals surface area contributed by atoms with Crippen LogP contribution in [0, 0.1) is 0 Å². The number of nitrogens with one attached hydrogen (secondary N) is 1. The van der Waals surface area contributed by atoms with Crippen LogP contribution in [0.5, 0.6) is 5.75 Å². The van der Waals surface area contributed by atoms with Crippen molar-refractivity contribution in [3.8, 4) is 5.75 Å². The fourth-order valence-corrected chi connectivity index (χ4v) is 3.91. The number of amides is 1. The Hall–Kier alpha value is -3.07. The van der Waals surface area contributed by atoms with E-state index in [0.29, 0.717) is 12.8 Å². The maximum Gasteiger partial charge on any atom is 0.335 e. The van der Waals surface area contributed by atoms with Gasteiger partial charge in [-0.25, -0.2) is 13.8 Å². The van der Waals surface area contributed by atoms with E-state index >= 15 is 0 Å². The molecule has 8 nitrogen and oxygen atoms in total. The zero-order valence-electron chi connectivity index (χ0n) is 13.5. The number of anilines is 1. The van der Waals surface area contributed by atoms with Crippen LogP contribution in [0.2, 0.25) is 0 Å². The van der Waals surface area contributed by atoms with E-state index < -0.39 is 22.1 Å². The van der Waals surface area contributed by atoms with E-state index in [2.05, 4.69) is 0 Å². The second-order valence-corrected chi connectivity index (χ2v) is 7.46. The number of aromatic carboxylic acids is 1. The Balaban J connectivity index is 1.75. The summed E-state index contributed by atoms with van der Waals surface area (Å²) >= 11 is 0. The third-order valence-corrected chi connectivity index (χ3v) is 5.40. The van der Waals surface area contributed by atoms with Crippen molar-refractivity contribution >= 4 is 27.8 Å². The van der Waals surface area contributed by atoms with Crippen molar-refractivity contribution in [2.24, 2.45) is 0 Å². The van der Waals surface area contributed by atoms with Crippen molar-refractivity contribution in [1.29, 1.82) is 0 Å². The van der Waals surface area contributed by atoms with Crippen LogP contribution in [0.3, 0.4) is 0 Å². The molecule has 0 unspecified atom stereocenters. The highest BCUT2D eigenvalue weighted by Gasteiger charge is 2.35. The molecule has 0 radical (unpaired) electrons. The molecule has 0 aromatic heterocycles. The van der Waals surface area contributed by atoms with E-state index in [0.717, 1.165) is 15.4 Å². The fraction of sp³-hybridized carbons (Fsp3) is 0.176. The molecule has 1 saturated heterocycles. The van der Waals surface area contributed by atoms with Crippen LogP contribution >= 0.6 is 0 Å². The Morgan fingerprint density at radius 2 is 1.81 bits per heavy atom. The van der Waals surface area contributed by atoms with Crippen LogP contribution in [0.25, 0.3) is 0 Å². The first-order chi connectivity index (χ1) is 12.3. The van der Waals surface area contributed by atoms with Gasteiger partial charge in [-0.05, 0) is 48.2 Å². The van der Waals surface area contributed by atoms with Gasteiger partial charge in [-0.2, -0.15) is 8.42 Å². The second-order valence-electron chi connectivity index (χ2n) is 5.87. The van der Waals surface area contributed by atoms with E-state index in [9.17, 15) is 23.1 Å². The molecule has 1 fully saturated rings. The van der Waals surface area contributed by atoms with Crippen LogP contribution < -0.4 is 9.03 Å². The quantitative estimate of drug-likeness (QED) is 0.717. The largest absolute Gasteiger partial charge is 0.506 e. The summed E-state index contributed by atoms with van der Waals surface area (Å²) in [5.74, 6) is -1.91. The average Bonchev–Trinajstić information content (AvgIpc) is 2.85. The number of carboxylic acid groups (broad SMARTS) is 1. The molecular weight excluding hydrogens is 360 g/mol. The number of aryl methyl sites for hydroxylation is 2. The molecule has 0 spiro atoms. The Labute approximate surface area is 149 Å². The van der Waals surface area contributed by atoms with Gasteiger partial charge >= 0.3 is 16.2 Å². The number of hydrogen-bond acceptors (Lipinski definition) is 5. The van der Waals surface area contributed by atoms with Crippen LogP contribution in [0.1, 0.15) is 21.5 Å². The summed E-state index contributed by atoms with van der Waals surface area (Å²) < 4.78 is 26.3. The molecule has 2 aromatic rings. The number of phenols is 1. The monoisotopic (exact) mass is 376 g/mol. The Morgan fingerprint density at radius 3 is 2.38 bits per heavy atom. The molecule has 26 heavy (non-hydrogen) atoms. The van der Waals surface area contributed by atoms with Crippen molar-refractivity contribution in [3.63, 3.8) is 0 Å². The predicted octanol–water partition coefficient (Wildman–Crippen LogP) is 1.06. The van der Waals surface area contributed by atoms with Crippen LogP contribution in [0.4, 0.5) is 5.69 Å². The standard InChI is InChI=1S/C17H16N2O6S/c20-15-9-12(5-4-11-2-1-3-13(8-11)17(22)23)6-7-14(15)19-10-16(21)18-26(19,24)25/h1-3,6-9,20H,4-5,10H2,(H,18,21)(H,22,23). The first-order valence-corrected chi connectivity index (χ1v) is 9.18. The maximum atomic E-state index is 11.8. The normalized spacial score (nSPS) is 15.7. The van der Waals surface area contributed by atoms with Gasteiger partial charge in [0.15, 0.2) is 0 Å². The average molecular weight is 376 g/mol. The molecule has 3 rings (SSSR count). The summed E-state index contributed by atoms with van der Waals surface area (Å²) in [5.41, 5.74) is 1.82. The van der Waals surface area contributed by atoms with Gasteiger partial charge in [-0.1, -0.05) is 18.2 Å². The number of carbonyl (C=O) groups excluding carboxylic acids is 1. The maximum absolute atomic E-state index is 11.8. The summed E-state index contributed by atoms with van der Waals surface area (Å²) in [6, 6.07) is 11.1. The van der Waals surface area contributed by atoms with Crippen LogP contribution in [-0.4, -0.2) is 37.1 Å². The van der Waals surface area contributed by atoms with Crippen molar-refractivity contribution in [2.75, 3.05) is 10.8 Å². The fourth-order valence-electron chi connectivity index (χ4n) is 2.75. The van der Waals surface area contributed by atoms with E-state index in [4.69, 9.17) is 5.11 Å². The van der Waals surface area contributed by atoms with Gasteiger partial charge in [0.1, 0.15) is 12.3 Å². The number of aromatic hydroxyl groups is 1. The van der Waals surface area contributed by atoms with E-state index in [1.807, 2.05) is 10.8 Å². The third-order valence-electron chi connectivity index (χ3n) is 4.00. The molecule has 1 aliphatic rings. The van der Waals surface area contributed by atoms with Crippen molar-refractivity contribution < 1.29 is 28.2 Å². The predicted molar refractivity (Wildman–Crippen MR) is 93.3 cm³/mol. The van der Waals surface area contributed by atoms with Gasteiger partial charge in [-0.15, -0.1) is 0 Å². The van der Waals surface area contributed by atoms with E-state index in [1.54, 1.807) is 18.2 Å². The first-order valence-electron chi connectivity index (χ1n) is 7.74. The van der Waals surface area contributed by atoms with Crippen molar-refractivity contribution in [1.82, 2.24) is 4.72 Å². The molecule has 1 aliphatic heterocycles. The molecule has 0 atom stereocenters. The number of hydrogen-bond donors (Lipinski definition) is 3. The lowest BCUT2D eigenvalue weighted by Crippen LogP contribution is -2.29. The summed E-state index contributed by atoms with van der Waals surface area (Å²) in [7, 11) is -3.97. The Kier molecular flexibility index (Phi) is 4.56. The highest BCUT2D eigenvalue weighted by Crippen LogP contribution is 2.31. The van der Waals surface area contributed by atoms with Gasteiger partial charge in [0.2, 0.25) is 0 Å². The number of carbonyl (C=O) groups is 2. The van der Waals surface area contributed by atoms with Gasteiger partial charge in [0.25, 0.3) is 5.91 Å². The highest BCUT2D eigenvalue weighted by molar-refractivity contribution is 7.92. The molecule has 136 valence electrons. The summed E-state index contributed by atoms with van der Waals surface area (Å²) in [5, 5.41) is 19.2. The molecule has 1 heterocycles. The minimum Gasteiger partial charge on any atom is -0.506 e. The van der Waals surface area contributed by atoms with Crippen molar-refractivity contribution in [3.05, 3.63) is 59.2 Å². The molecule has 0 aliphatic carbocycles. The molecule has 1 amide bonds. The van der Waals surface area contributed by atoms with Crippen molar-refractivity contribution in [2.45, 2.75) is 12.8 Å². The number of phenolic OH excluding ortho intramolecular Hbond substituents is 1. The molecule has 2 aromatic carbocycles. The van der Waals surface area contributed by atoms with E-state index in [-0.39, 0.29) is 23.5 Å². The third kappa shape index (κ3) is 3.62. The molecule has 3 N–H and O–H groups in total. The van der Waals surface area contributed by atoms with Gasteiger partial charge in [-0.3, -0.25) is 4.79 Å².